The summed E-state index contributed by atoms with van der Waals surface area (Å²) >= 11 is 0. The van der Waals surface area contributed by atoms with Gasteiger partial charge >= 0.3 is 6.03 Å². The van der Waals surface area contributed by atoms with E-state index in [1.807, 2.05) is 6.07 Å². The third-order valence-electron chi connectivity index (χ3n) is 3.26. The van der Waals surface area contributed by atoms with E-state index in [9.17, 15) is 4.79 Å². The molecule has 0 unspecified atom stereocenters. The Kier molecular flexibility index (Phi) is 7.36. The van der Waals surface area contributed by atoms with Gasteiger partial charge in [0.15, 0.2) is 5.82 Å². The first kappa shape index (κ1) is 20.3. The summed E-state index contributed by atoms with van der Waals surface area (Å²) in [6.45, 7) is 7.72. The highest BCUT2D eigenvalue weighted by Crippen LogP contribution is 2.27. The third-order valence-corrected chi connectivity index (χ3v) is 3.26. The van der Waals surface area contributed by atoms with Gasteiger partial charge in [-0.15, -0.1) is 6.58 Å². The van der Waals surface area contributed by atoms with Crippen LogP contribution in [-0.4, -0.2) is 29.2 Å². The van der Waals surface area contributed by atoms with Gasteiger partial charge in [0.25, 0.3) is 5.88 Å². The Hall–Kier alpha value is -4.06. The standard InChI is InChI=1S/C19H20N6O3/c1-3-5-9-28-18-15(11-20)22-12-17(24-18)25-19(26)23-14-7-6-13(21)10-16(14)27-8-4-2/h3-4,6-7,10,12H,1-2,5,8-9,21H2,(H2,23,24,25,26). The number of nitrogens with one attached hydrogen (secondary N) is 2. The van der Waals surface area contributed by atoms with Crippen LogP contribution >= 0.6 is 0 Å². The third kappa shape index (κ3) is 5.74. The molecule has 4 N–H and O–H groups in total. The van der Waals surface area contributed by atoms with Gasteiger partial charge in [-0.2, -0.15) is 10.2 Å². The van der Waals surface area contributed by atoms with Crippen molar-refractivity contribution in [1.82, 2.24) is 9.97 Å². The van der Waals surface area contributed by atoms with Crippen molar-refractivity contribution in [1.29, 1.82) is 5.26 Å². The molecule has 0 saturated heterocycles. The molecular formula is C19H20N6O3. The second kappa shape index (κ2) is 10.2. The number of hydrogen-bond donors (Lipinski definition) is 3. The van der Waals surface area contributed by atoms with Crippen LogP contribution in [0.5, 0.6) is 11.6 Å². The highest BCUT2D eigenvalue weighted by molar-refractivity contribution is 6.00. The predicted octanol–water partition coefficient (Wildman–Crippen LogP) is 3.09. The summed E-state index contributed by atoms with van der Waals surface area (Å²) in [6.07, 6.45) is 5.09. The van der Waals surface area contributed by atoms with Crippen LogP contribution in [0.25, 0.3) is 0 Å². The lowest BCUT2D eigenvalue weighted by atomic mass is 10.2. The Morgan fingerprint density at radius 3 is 2.82 bits per heavy atom. The zero-order valence-electron chi connectivity index (χ0n) is 15.1. The molecule has 0 saturated carbocycles. The maximum Gasteiger partial charge on any atom is 0.325 e. The van der Waals surface area contributed by atoms with Crippen LogP contribution in [0.3, 0.4) is 0 Å². The normalized spacial score (nSPS) is 9.68. The van der Waals surface area contributed by atoms with Crippen molar-refractivity contribution >= 4 is 23.2 Å². The minimum Gasteiger partial charge on any atom is -0.487 e. The van der Waals surface area contributed by atoms with E-state index in [1.54, 1.807) is 30.4 Å². The molecule has 1 heterocycles. The molecule has 0 aliphatic heterocycles. The molecule has 144 valence electrons. The number of hydrogen-bond acceptors (Lipinski definition) is 7. The molecule has 2 rings (SSSR count). The lowest BCUT2D eigenvalue weighted by Crippen LogP contribution is -2.21. The van der Waals surface area contributed by atoms with E-state index in [0.717, 1.165) is 0 Å². The van der Waals surface area contributed by atoms with E-state index in [0.29, 0.717) is 23.5 Å². The summed E-state index contributed by atoms with van der Waals surface area (Å²) in [7, 11) is 0. The average molecular weight is 380 g/mol. The van der Waals surface area contributed by atoms with Crippen LogP contribution in [-0.2, 0) is 0 Å². The van der Waals surface area contributed by atoms with Crippen molar-refractivity contribution in [3.63, 3.8) is 0 Å². The summed E-state index contributed by atoms with van der Waals surface area (Å²) < 4.78 is 10.9. The molecule has 1 aromatic carbocycles. The van der Waals surface area contributed by atoms with Crippen LogP contribution in [0.1, 0.15) is 12.1 Å². The van der Waals surface area contributed by atoms with Gasteiger partial charge in [0.1, 0.15) is 18.4 Å². The van der Waals surface area contributed by atoms with Crippen molar-refractivity contribution in [2.45, 2.75) is 6.42 Å². The zero-order valence-corrected chi connectivity index (χ0v) is 15.1. The number of urea groups is 1. The second-order valence-electron chi connectivity index (χ2n) is 5.38. The Morgan fingerprint density at radius 1 is 1.29 bits per heavy atom. The molecule has 9 nitrogen and oxygen atoms in total. The molecule has 0 atom stereocenters. The van der Waals surface area contributed by atoms with Crippen molar-refractivity contribution in [2.75, 3.05) is 29.6 Å². The van der Waals surface area contributed by atoms with Gasteiger partial charge < -0.3 is 20.5 Å². The molecular weight excluding hydrogens is 360 g/mol. The minimum atomic E-state index is -0.579. The predicted molar refractivity (Wildman–Crippen MR) is 106 cm³/mol. The quantitative estimate of drug-likeness (QED) is 0.345. The first-order valence-electron chi connectivity index (χ1n) is 8.29. The number of aromatic nitrogens is 2. The van der Waals surface area contributed by atoms with Gasteiger partial charge in [-0.1, -0.05) is 18.7 Å². The molecule has 0 radical (unpaired) electrons. The Labute approximate surface area is 162 Å². The van der Waals surface area contributed by atoms with E-state index in [2.05, 4.69) is 33.8 Å². The second-order valence-corrected chi connectivity index (χ2v) is 5.38. The fraction of sp³-hybridized carbons (Fsp3) is 0.158. The Balaban J connectivity index is 2.11. The number of nitriles is 1. The Bertz CT molecular complexity index is 907. The van der Waals surface area contributed by atoms with Crippen molar-refractivity contribution in [3.8, 4) is 17.7 Å². The van der Waals surface area contributed by atoms with Crippen LogP contribution in [0.2, 0.25) is 0 Å². The largest absolute Gasteiger partial charge is 0.487 e. The number of amides is 2. The van der Waals surface area contributed by atoms with Crippen molar-refractivity contribution in [2.24, 2.45) is 0 Å². The molecule has 2 aromatic rings. The molecule has 0 fully saturated rings. The first-order valence-corrected chi connectivity index (χ1v) is 8.29. The number of nitrogen functional groups attached to an aromatic ring is 1. The van der Waals surface area contributed by atoms with E-state index in [-0.39, 0.29) is 30.6 Å². The maximum absolute atomic E-state index is 12.3. The summed E-state index contributed by atoms with van der Waals surface area (Å²) in [5.74, 6) is 0.549. The molecule has 2 amide bonds. The monoisotopic (exact) mass is 380 g/mol. The highest BCUT2D eigenvalue weighted by Gasteiger charge is 2.12. The topological polar surface area (TPSA) is 135 Å². The maximum atomic E-state index is 12.3. The van der Waals surface area contributed by atoms with Gasteiger partial charge in [-0.3, -0.25) is 5.32 Å². The summed E-state index contributed by atoms with van der Waals surface area (Å²) in [4.78, 5) is 20.3. The van der Waals surface area contributed by atoms with Crippen molar-refractivity contribution in [3.05, 3.63) is 55.4 Å². The number of carbonyl (C=O) groups excluding carboxylic acids is 1. The minimum absolute atomic E-state index is 0.0219. The summed E-state index contributed by atoms with van der Waals surface area (Å²) in [5.41, 5.74) is 6.68. The molecule has 0 aliphatic carbocycles. The van der Waals surface area contributed by atoms with E-state index >= 15 is 0 Å². The first-order chi connectivity index (χ1) is 13.6. The number of benzene rings is 1. The SMILES string of the molecule is C=CCCOc1nc(NC(=O)Nc2ccc(N)cc2OCC=C)cnc1C#N. The van der Waals surface area contributed by atoms with Gasteiger partial charge in [0.2, 0.25) is 5.69 Å². The van der Waals surface area contributed by atoms with Crippen LogP contribution in [0.15, 0.2) is 49.7 Å². The average Bonchev–Trinajstić information content (AvgIpc) is 2.68. The van der Waals surface area contributed by atoms with Crippen LogP contribution < -0.4 is 25.8 Å². The smallest absolute Gasteiger partial charge is 0.325 e. The molecule has 1 aromatic heterocycles. The Morgan fingerprint density at radius 2 is 2.11 bits per heavy atom. The van der Waals surface area contributed by atoms with Crippen molar-refractivity contribution < 1.29 is 14.3 Å². The van der Waals surface area contributed by atoms with Crippen LogP contribution in [0, 0.1) is 11.3 Å². The summed E-state index contributed by atoms with van der Waals surface area (Å²) in [6, 6.07) is 6.14. The number of nitrogens with two attached hydrogens (primary N) is 1. The number of carbonyl (C=O) groups is 1. The fourth-order valence-corrected chi connectivity index (χ4v) is 2.03. The molecule has 0 bridgehead atoms. The molecule has 0 aliphatic rings. The van der Waals surface area contributed by atoms with Gasteiger partial charge in [0.05, 0.1) is 18.5 Å². The highest BCUT2D eigenvalue weighted by atomic mass is 16.5. The van der Waals surface area contributed by atoms with E-state index in [4.69, 9.17) is 20.5 Å². The van der Waals surface area contributed by atoms with Gasteiger partial charge in [-0.05, 0) is 18.6 Å². The number of rotatable bonds is 9. The zero-order chi connectivity index (χ0) is 20.4. The molecule has 0 spiro atoms. The van der Waals surface area contributed by atoms with Gasteiger partial charge in [-0.25, -0.2) is 9.78 Å². The van der Waals surface area contributed by atoms with E-state index < -0.39 is 6.03 Å². The van der Waals surface area contributed by atoms with E-state index in [1.165, 1.54) is 6.20 Å². The number of nitrogens with zero attached hydrogens (tertiary/aromatic N) is 3. The lowest BCUT2D eigenvalue weighted by Gasteiger charge is -2.13. The lowest BCUT2D eigenvalue weighted by molar-refractivity contribution is 0.262. The number of anilines is 3. The summed E-state index contributed by atoms with van der Waals surface area (Å²) in [5, 5.41) is 14.3. The van der Waals surface area contributed by atoms with Crippen LogP contribution in [0.4, 0.5) is 22.0 Å². The fourth-order valence-electron chi connectivity index (χ4n) is 2.03. The molecule has 28 heavy (non-hydrogen) atoms. The number of ether oxygens (including phenoxy) is 2. The van der Waals surface area contributed by atoms with Gasteiger partial charge in [0, 0.05) is 11.8 Å². The molecule has 9 heteroatoms.